The average molecular weight is 455 g/mol. The van der Waals surface area contributed by atoms with Gasteiger partial charge in [0.25, 0.3) is 5.91 Å². The van der Waals surface area contributed by atoms with Crippen molar-refractivity contribution in [2.24, 2.45) is 0 Å². The first-order valence-electron chi connectivity index (χ1n) is 11.0. The zero-order valence-electron chi connectivity index (χ0n) is 17.6. The zero-order valence-corrected chi connectivity index (χ0v) is 18.4. The van der Waals surface area contributed by atoms with E-state index in [1.807, 2.05) is 35.2 Å². The fraction of sp³-hybridized carbons (Fsp3) is 0.360. The van der Waals surface area contributed by atoms with Gasteiger partial charge in [-0.05, 0) is 48.7 Å². The molecule has 0 radical (unpaired) electrons. The number of ether oxygens (including phenoxy) is 2. The van der Waals surface area contributed by atoms with Gasteiger partial charge < -0.3 is 14.4 Å². The van der Waals surface area contributed by atoms with Crippen molar-refractivity contribution in [3.05, 3.63) is 59.5 Å². The summed E-state index contributed by atoms with van der Waals surface area (Å²) in [6.45, 7) is 1.86. The summed E-state index contributed by atoms with van der Waals surface area (Å²) in [5.41, 5.74) is 2.20. The third-order valence-corrected chi connectivity index (χ3v) is 6.50. The topological polar surface area (TPSA) is 51.7 Å². The van der Waals surface area contributed by atoms with Crippen molar-refractivity contribution in [2.45, 2.75) is 37.9 Å². The number of piperidine rings is 1. The van der Waals surface area contributed by atoms with Crippen LogP contribution in [0.2, 0.25) is 5.02 Å². The van der Waals surface area contributed by atoms with Crippen molar-refractivity contribution in [3.8, 4) is 16.9 Å². The van der Waals surface area contributed by atoms with Crippen LogP contribution in [0.5, 0.6) is 5.75 Å². The summed E-state index contributed by atoms with van der Waals surface area (Å²) < 4.78 is 26.3. The van der Waals surface area contributed by atoms with Crippen LogP contribution in [0.1, 0.15) is 25.7 Å². The molecule has 1 amide bonds. The lowest BCUT2D eigenvalue weighted by atomic mass is 10.0. The van der Waals surface area contributed by atoms with Gasteiger partial charge in [0.1, 0.15) is 12.2 Å². The highest BCUT2D eigenvalue weighted by atomic mass is 35.5. The van der Waals surface area contributed by atoms with Gasteiger partial charge in [0.05, 0.1) is 5.52 Å². The van der Waals surface area contributed by atoms with E-state index >= 15 is 0 Å². The van der Waals surface area contributed by atoms with E-state index in [0.29, 0.717) is 43.1 Å². The van der Waals surface area contributed by atoms with Gasteiger partial charge in [-0.1, -0.05) is 23.7 Å². The molecule has 1 aromatic heterocycles. The first-order valence-corrected chi connectivity index (χ1v) is 11.4. The minimum absolute atomic E-state index is 0.0678. The highest BCUT2D eigenvalue weighted by molar-refractivity contribution is 6.34. The fourth-order valence-electron chi connectivity index (χ4n) is 4.43. The minimum Gasteiger partial charge on any atom is -0.487 e. The molecule has 2 aromatic carbocycles. The van der Waals surface area contributed by atoms with Crippen molar-refractivity contribution in [2.75, 3.05) is 19.7 Å². The number of hydrogen-bond donors (Lipinski definition) is 0. The molecular formula is C25H24ClFN2O3. The summed E-state index contributed by atoms with van der Waals surface area (Å²) in [7, 11) is 0. The Morgan fingerprint density at radius 3 is 2.75 bits per heavy atom. The van der Waals surface area contributed by atoms with Gasteiger partial charge in [0.2, 0.25) is 0 Å². The zero-order chi connectivity index (χ0) is 22.1. The number of nitrogens with zero attached hydrogens (tertiary/aromatic N) is 2. The number of rotatable bonds is 4. The Morgan fingerprint density at radius 1 is 1.16 bits per heavy atom. The van der Waals surface area contributed by atoms with Crippen molar-refractivity contribution in [3.63, 3.8) is 0 Å². The number of fused-ring (bicyclic) bond motifs is 1. The molecule has 166 valence electrons. The van der Waals surface area contributed by atoms with Gasteiger partial charge in [-0.2, -0.15) is 0 Å². The summed E-state index contributed by atoms with van der Waals surface area (Å²) in [4.78, 5) is 18.7. The van der Waals surface area contributed by atoms with Crippen LogP contribution in [0, 0.1) is 5.82 Å². The van der Waals surface area contributed by atoms with Crippen LogP contribution in [0.3, 0.4) is 0 Å². The van der Waals surface area contributed by atoms with E-state index in [4.69, 9.17) is 21.1 Å². The van der Waals surface area contributed by atoms with Gasteiger partial charge in [-0.25, -0.2) is 4.39 Å². The molecule has 0 spiro atoms. The highest BCUT2D eigenvalue weighted by Crippen LogP contribution is 2.34. The lowest BCUT2D eigenvalue weighted by Gasteiger charge is -2.33. The van der Waals surface area contributed by atoms with Gasteiger partial charge in [-0.15, -0.1) is 0 Å². The summed E-state index contributed by atoms with van der Waals surface area (Å²) in [5, 5.41) is 1.48. The molecule has 2 fully saturated rings. The van der Waals surface area contributed by atoms with Crippen molar-refractivity contribution in [1.82, 2.24) is 9.88 Å². The summed E-state index contributed by atoms with van der Waals surface area (Å²) in [6.07, 6.45) is 4.36. The molecule has 0 saturated carbocycles. The molecule has 0 N–H and O–H groups in total. The Morgan fingerprint density at radius 2 is 2.00 bits per heavy atom. The normalized spacial score (nSPS) is 19.4. The van der Waals surface area contributed by atoms with E-state index in [0.717, 1.165) is 29.3 Å². The van der Waals surface area contributed by atoms with Crippen LogP contribution in [-0.4, -0.2) is 47.7 Å². The first-order chi connectivity index (χ1) is 15.6. The Balaban J connectivity index is 1.26. The van der Waals surface area contributed by atoms with Crippen LogP contribution in [0.15, 0.2) is 48.7 Å². The molecule has 7 heteroatoms. The van der Waals surface area contributed by atoms with Crippen LogP contribution in [0.25, 0.3) is 22.0 Å². The molecule has 0 aliphatic carbocycles. The van der Waals surface area contributed by atoms with Crippen LogP contribution in [0.4, 0.5) is 4.39 Å². The largest absolute Gasteiger partial charge is 0.487 e. The maximum absolute atomic E-state index is 14.9. The predicted molar refractivity (Wildman–Crippen MR) is 121 cm³/mol. The van der Waals surface area contributed by atoms with E-state index in [9.17, 15) is 9.18 Å². The maximum atomic E-state index is 14.9. The Bertz CT molecular complexity index is 1140. The predicted octanol–water partition coefficient (Wildman–Crippen LogP) is 5.24. The molecule has 32 heavy (non-hydrogen) atoms. The third-order valence-electron chi connectivity index (χ3n) is 6.19. The smallest absolute Gasteiger partial charge is 0.251 e. The molecular weight excluding hydrogens is 431 g/mol. The number of likely N-dealkylation sites (tertiary alicyclic amines) is 1. The van der Waals surface area contributed by atoms with Crippen LogP contribution in [-0.2, 0) is 9.53 Å². The van der Waals surface area contributed by atoms with Gasteiger partial charge in [0.15, 0.2) is 11.6 Å². The van der Waals surface area contributed by atoms with Gasteiger partial charge in [0, 0.05) is 54.7 Å². The third kappa shape index (κ3) is 4.30. The van der Waals surface area contributed by atoms with Crippen molar-refractivity contribution < 1.29 is 18.7 Å². The number of pyridine rings is 1. The number of aromatic nitrogens is 1. The number of carbonyl (C=O) groups excluding carboxylic acids is 1. The highest BCUT2D eigenvalue weighted by Gasteiger charge is 2.31. The lowest BCUT2D eigenvalue weighted by Crippen LogP contribution is -2.45. The number of hydrogen-bond acceptors (Lipinski definition) is 4. The van der Waals surface area contributed by atoms with E-state index in [1.54, 1.807) is 12.3 Å². The fourth-order valence-corrected chi connectivity index (χ4v) is 4.71. The SMILES string of the molecule is O=C([C@H]1CCCO1)N1CCC(Oc2ccc(-c3cc4ncccc4cc3Cl)cc2F)CC1. The molecule has 1 atom stereocenters. The van der Waals surface area contributed by atoms with Gasteiger partial charge in [-0.3, -0.25) is 9.78 Å². The summed E-state index contributed by atoms with van der Waals surface area (Å²) >= 11 is 6.45. The monoisotopic (exact) mass is 454 g/mol. The van der Waals surface area contributed by atoms with Crippen molar-refractivity contribution in [1.29, 1.82) is 0 Å². The number of carbonyl (C=O) groups is 1. The standard InChI is InChI=1S/C25H24ClFN2O3/c26-20-13-17-3-1-9-28-22(17)15-19(20)16-5-6-23(21(27)14-16)32-18-7-10-29(11-8-18)25(30)24-4-2-12-31-24/h1,3,5-6,9,13-15,18,24H,2,4,7-8,10-12H2/t24-/m1/s1. The molecule has 0 bridgehead atoms. The second-order valence-corrected chi connectivity index (χ2v) is 8.72. The molecule has 5 nitrogen and oxygen atoms in total. The molecule has 5 rings (SSSR count). The second kappa shape index (κ2) is 9.04. The second-order valence-electron chi connectivity index (χ2n) is 8.32. The van der Waals surface area contributed by atoms with E-state index in [1.165, 1.54) is 6.07 Å². The first kappa shape index (κ1) is 21.2. The molecule has 3 aromatic rings. The summed E-state index contributed by atoms with van der Waals surface area (Å²) in [6, 6.07) is 12.4. The van der Waals surface area contributed by atoms with E-state index in [2.05, 4.69) is 4.98 Å². The molecule has 3 heterocycles. The number of halogens is 2. The Kier molecular flexibility index (Phi) is 5.98. The quantitative estimate of drug-likeness (QED) is 0.540. The minimum atomic E-state index is -0.433. The summed E-state index contributed by atoms with van der Waals surface area (Å²) in [5.74, 6) is -0.150. The average Bonchev–Trinajstić information content (AvgIpc) is 3.35. The molecule has 2 saturated heterocycles. The maximum Gasteiger partial charge on any atom is 0.251 e. The molecule has 0 unspecified atom stereocenters. The Hall–Kier alpha value is -2.70. The van der Waals surface area contributed by atoms with Crippen LogP contribution >= 0.6 is 11.6 Å². The molecule has 2 aliphatic rings. The Labute approximate surface area is 191 Å². The van der Waals surface area contributed by atoms with E-state index < -0.39 is 5.82 Å². The van der Waals surface area contributed by atoms with Crippen molar-refractivity contribution >= 4 is 28.4 Å². The van der Waals surface area contributed by atoms with Gasteiger partial charge >= 0.3 is 0 Å². The number of benzene rings is 2. The molecule has 2 aliphatic heterocycles. The lowest BCUT2D eigenvalue weighted by molar-refractivity contribution is -0.142. The van der Waals surface area contributed by atoms with E-state index in [-0.39, 0.29) is 23.9 Å². The van der Waals surface area contributed by atoms with Crippen LogP contribution < -0.4 is 4.74 Å². The number of amides is 1.